The zero-order valence-corrected chi connectivity index (χ0v) is 12.1. The highest BCUT2D eigenvalue weighted by Gasteiger charge is 2.43. The topological polar surface area (TPSA) is 50.5 Å². The van der Waals surface area contributed by atoms with Crippen LogP contribution in [-0.4, -0.2) is 30.1 Å². The second kappa shape index (κ2) is 5.72. The van der Waals surface area contributed by atoms with Gasteiger partial charge in [-0.1, -0.05) is 18.2 Å². The molecule has 3 rings (SSSR count). The van der Waals surface area contributed by atoms with Crippen LogP contribution < -0.4 is 5.63 Å². The van der Waals surface area contributed by atoms with Crippen molar-refractivity contribution in [2.45, 2.75) is 19.0 Å². The lowest BCUT2D eigenvalue weighted by atomic mass is 9.97. The monoisotopic (exact) mass is 325 g/mol. The van der Waals surface area contributed by atoms with Crippen molar-refractivity contribution in [3.63, 3.8) is 0 Å². The van der Waals surface area contributed by atoms with Gasteiger partial charge in [0.2, 0.25) is 0 Å². The molecular formula is C16H14F3NO3. The van der Waals surface area contributed by atoms with E-state index >= 15 is 0 Å². The lowest BCUT2D eigenvalue weighted by molar-refractivity contribution is -0.184. The van der Waals surface area contributed by atoms with E-state index in [9.17, 15) is 22.8 Å². The summed E-state index contributed by atoms with van der Waals surface area (Å²) < 4.78 is 43.6. The molecule has 1 aliphatic rings. The lowest BCUT2D eigenvalue weighted by Crippen LogP contribution is -2.45. The molecule has 0 bridgehead atoms. The van der Waals surface area contributed by atoms with Gasteiger partial charge in [-0.3, -0.25) is 4.79 Å². The number of hydrogen-bond donors (Lipinski definition) is 0. The maximum absolute atomic E-state index is 12.8. The van der Waals surface area contributed by atoms with Crippen LogP contribution >= 0.6 is 0 Å². The first kappa shape index (κ1) is 15.6. The molecule has 1 atom stereocenters. The standard InChI is InChI=1S/C16H14F3NO3/c17-16(18,19)11-5-3-7-20(9-11)14(21)12-8-10-4-1-2-6-13(10)23-15(12)22/h1-2,4,6,8,11H,3,5,7,9H2/t11-/m0/s1. The Morgan fingerprint density at radius 2 is 2.00 bits per heavy atom. The zero-order chi connectivity index (χ0) is 16.6. The maximum Gasteiger partial charge on any atom is 0.393 e. The molecule has 122 valence electrons. The first-order valence-electron chi connectivity index (χ1n) is 7.25. The number of amides is 1. The predicted octanol–water partition coefficient (Wildman–Crippen LogP) is 3.21. The third-order valence-electron chi connectivity index (χ3n) is 4.04. The van der Waals surface area contributed by atoms with Crippen LogP contribution in [0.15, 0.2) is 39.5 Å². The summed E-state index contributed by atoms with van der Waals surface area (Å²) in [7, 11) is 0. The van der Waals surface area contributed by atoms with Crippen LogP contribution in [0.4, 0.5) is 13.2 Å². The molecule has 7 heteroatoms. The van der Waals surface area contributed by atoms with Gasteiger partial charge in [0, 0.05) is 18.5 Å². The molecule has 1 aromatic carbocycles. The number of nitrogens with zero attached hydrogens (tertiary/aromatic N) is 1. The number of para-hydroxylation sites is 1. The Kier molecular flexibility index (Phi) is 3.87. The highest BCUT2D eigenvalue weighted by molar-refractivity contribution is 5.96. The van der Waals surface area contributed by atoms with Crippen LogP contribution in [-0.2, 0) is 0 Å². The van der Waals surface area contributed by atoms with E-state index in [0.717, 1.165) is 4.90 Å². The van der Waals surface area contributed by atoms with Crippen molar-refractivity contribution < 1.29 is 22.4 Å². The minimum absolute atomic E-state index is 0.000389. The number of benzene rings is 1. The van der Waals surface area contributed by atoms with Crippen LogP contribution in [0.25, 0.3) is 11.0 Å². The number of likely N-dealkylation sites (tertiary alicyclic amines) is 1. The molecule has 0 saturated carbocycles. The Morgan fingerprint density at radius 1 is 1.26 bits per heavy atom. The van der Waals surface area contributed by atoms with Crippen molar-refractivity contribution in [3.05, 3.63) is 46.3 Å². The fourth-order valence-corrected chi connectivity index (χ4v) is 2.81. The summed E-state index contributed by atoms with van der Waals surface area (Å²) in [5.41, 5.74) is -0.727. The average Bonchev–Trinajstić information content (AvgIpc) is 2.53. The fraction of sp³-hybridized carbons (Fsp3) is 0.375. The van der Waals surface area contributed by atoms with E-state index in [0.29, 0.717) is 11.0 Å². The molecule has 1 fully saturated rings. The molecule has 0 aliphatic carbocycles. The van der Waals surface area contributed by atoms with Crippen molar-refractivity contribution in [2.24, 2.45) is 5.92 Å². The number of hydrogen-bond acceptors (Lipinski definition) is 3. The second-order valence-electron chi connectivity index (χ2n) is 5.62. The molecule has 4 nitrogen and oxygen atoms in total. The Labute approximate surface area is 129 Å². The Balaban J connectivity index is 1.91. The van der Waals surface area contributed by atoms with Gasteiger partial charge in [0.1, 0.15) is 11.1 Å². The van der Waals surface area contributed by atoms with Gasteiger partial charge in [-0.2, -0.15) is 13.2 Å². The van der Waals surface area contributed by atoms with E-state index < -0.39 is 30.2 Å². The van der Waals surface area contributed by atoms with E-state index in [1.165, 1.54) is 6.07 Å². The van der Waals surface area contributed by atoms with Crippen molar-refractivity contribution >= 4 is 16.9 Å². The summed E-state index contributed by atoms with van der Waals surface area (Å²) in [4.78, 5) is 25.5. The first-order valence-corrected chi connectivity index (χ1v) is 7.25. The van der Waals surface area contributed by atoms with Crippen LogP contribution in [0.3, 0.4) is 0 Å². The van der Waals surface area contributed by atoms with Crippen LogP contribution in [0, 0.1) is 5.92 Å². The zero-order valence-electron chi connectivity index (χ0n) is 12.1. The summed E-state index contributed by atoms with van der Waals surface area (Å²) >= 11 is 0. The Hall–Kier alpha value is -2.31. The summed E-state index contributed by atoms with van der Waals surface area (Å²) in [5, 5.41) is 0.555. The quantitative estimate of drug-likeness (QED) is 0.757. The molecule has 0 N–H and O–H groups in total. The summed E-state index contributed by atoms with van der Waals surface area (Å²) in [6.45, 7) is -0.216. The first-order chi connectivity index (χ1) is 10.9. The lowest BCUT2D eigenvalue weighted by Gasteiger charge is -2.33. The number of rotatable bonds is 1. The third kappa shape index (κ3) is 3.09. The predicted molar refractivity (Wildman–Crippen MR) is 77.2 cm³/mol. The summed E-state index contributed by atoms with van der Waals surface area (Å²) in [6, 6.07) is 8.04. The van der Waals surface area contributed by atoms with Gasteiger partial charge in [0.15, 0.2) is 0 Å². The second-order valence-corrected chi connectivity index (χ2v) is 5.62. The maximum atomic E-state index is 12.8. The molecule has 2 heterocycles. The smallest absolute Gasteiger partial charge is 0.393 e. The normalized spacial score (nSPS) is 19.1. The summed E-state index contributed by atoms with van der Waals surface area (Å²) in [5.74, 6) is -2.26. The third-order valence-corrected chi connectivity index (χ3v) is 4.04. The summed E-state index contributed by atoms with van der Waals surface area (Å²) in [6.07, 6.45) is -4.08. The minimum Gasteiger partial charge on any atom is -0.422 e. The molecule has 1 aliphatic heterocycles. The van der Waals surface area contributed by atoms with Crippen LogP contribution in [0.1, 0.15) is 23.2 Å². The van der Waals surface area contributed by atoms with E-state index in [-0.39, 0.29) is 24.9 Å². The van der Waals surface area contributed by atoms with Gasteiger partial charge >= 0.3 is 11.8 Å². The SMILES string of the molecule is O=C(c1cc2ccccc2oc1=O)N1CCC[C@H](C(F)(F)F)C1. The van der Waals surface area contributed by atoms with Gasteiger partial charge in [0.25, 0.3) is 5.91 Å². The van der Waals surface area contributed by atoms with Gasteiger partial charge in [-0.15, -0.1) is 0 Å². The number of fused-ring (bicyclic) bond motifs is 1. The number of carbonyl (C=O) groups is 1. The fourth-order valence-electron chi connectivity index (χ4n) is 2.81. The number of carbonyl (C=O) groups excluding carboxylic acids is 1. The molecular weight excluding hydrogens is 311 g/mol. The minimum atomic E-state index is -4.34. The highest BCUT2D eigenvalue weighted by atomic mass is 19.4. The molecule has 0 unspecified atom stereocenters. The van der Waals surface area contributed by atoms with Crippen molar-refractivity contribution in [1.29, 1.82) is 0 Å². The molecule has 1 aromatic heterocycles. The molecule has 0 radical (unpaired) electrons. The van der Waals surface area contributed by atoms with E-state index in [1.807, 2.05) is 0 Å². The van der Waals surface area contributed by atoms with Crippen LogP contribution in [0.2, 0.25) is 0 Å². The average molecular weight is 325 g/mol. The van der Waals surface area contributed by atoms with Crippen molar-refractivity contribution in [2.75, 3.05) is 13.1 Å². The van der Waals surface area contributed by atoms with Gasteiger partial charge in [0.05, 0.1) is 5.92 Å². The molecule has 1 saturated heterocycles. The van der Waals surface area contributed by atoms with Gasteiger partial charge < -0.3 is 9.32 Å². The van der Waals surface area contributed by atoms with E-state index in [4.69, 9.17) is 4.42 Å². The van der Waals surface area contributed by atoms with Crippen LogP contribution in [0.5, 0.6) is 0 Å². The molecule has 2 aromatic rings. The highest BCUT2D eigenvalue weighted by Crippen LogP contribution is 2.33. The number of alkyl halides is 3. The van der Waals surface area contributed by atoms with Gasteiger partial charge in [-0.05, 0) is 25.0 Å². The van der Waals surface area contributed by atoms with Crippen molar-refractivity contribution in [3.8, 4) is 0 Å². The van der Waals surface area contributed by atoms with Crippen molar-refractivity contribution in [1.82, 2.24) is 4.90 Å². The number of piperidine rings is 1. The number of halogens is 3. The Bertz CT molecular complexity index is 797. The Morgan fingerprint density at radius 3 is 2.74 bits per heavy atom. The molecule has 0 spiro atoms. The van der Waals surface area contributed by atoms with E-state index in [2.05, 4.69) is 0 Å². The largest absolute Gasteiger partial charge is 0.422 e. The molecule has 1 amide bonds. The molecule has 23 heavy (non-hydrogen) atoms. The van der Waals surface area contributed by atoms with Gasteiger partial charge in [-0.25, -0.2) is 4.79 Å². The van der Waals surface area contributed by atoms with E-state index in [1.54, 1.807) is 24.3 Å².